The number of rotatable bonds is 4. The van der Waals surface area contributed by atoms with Crippen LogP contribution in [0.25, 0.3) is 0 Å². The molecule has 0 aromatic carbocycles. The number of nitrogens with zero attached hydrogens (tertiary/aromatic N) is 1. The van der Waals surface area contributed by atoms with E-state index in [1.165, 1.54) is 0 Å². The number of carbonyl (C=O) groups is 2. The first-order valence-electron chi connectivity index (χ1n) is 5.72. The highest BCUT2D eigenvalue weighted by molar-refractivity contribution is 5.86. The van der Waals surface area contributed by atoms with Crippen LogP contribution in [0.15, 0.2) is 0 Å². The number of ketones is 2. The molecule has 0 amide bonds. The zero-order valence-corrected chi connectivity index (χ0v) is 11.7. The molecule has 0 N–H and O–H groups in total. The molecule has 3 nitrogen and oxygen atoms in total. The minimum absolute atomic E-state index is 0.0941. The van der Waals surface area contributed by atoms with E-state index in [9.17, 15) is 9.59 Å². The summed E-state index contributed by atoms with van der Waals surface area (Å²) in [6.07, 6.45) is 0. The van der Waals surface area contributed by atoms with Crippen molar-refractivity contribution in [3.63, 3.8) is 0 Å². The van der Waals surface area contributed by atoms with Crippen molar-refractivity contribution in [1.29, 1.82) is 0 Å². The second-order valence-electron chi connectivity index (χ2n) is 6.40. The fraction of sp³-hybridized carbons (Fsp3) is 0.846. The zero-order chi connectivity index (χ0) is 13.1. The Labute approximate surface area is 99.2 Å². The van der Waals surface area contributed by atoms with Crippen molar-refractivity contribution in [2.45, 2.75) is 54.0 Å². The maximum Gasteiger partial charge on any atom is 0.152 e. The van der Waals surface area contributed by atoms with E-state index in [0.717, 1.165) is 0 Å². The van der Waals surface area contributed by atoms with Gasteiger partial charge in [-0.1, -0.05) is 20.8 Å². The first kappa shape index (κ1) is 15.3. The predicted molar refractivity (Wildman–Crippen MR) is 66.5 cm³/mol. The normalized spacial score (nSPS) is 13.0. The van der Waals surface area contributed by atoms with Crippen LogP contribution in [-0.2, 0) is 9.59 Å². The summed E-state index contributed by atoms with van der Waals surface area (Å²) in [4.78, 5) is 25.1. The summed E-state index contributed by atoms with van der Waals surface area (Å²) >= 11 is 0. The average Bonchev–Trinajstić information content (AvgIpc) is 1.98. The summed E-state index contributed by atoms with van der Waals surface area (Å²) in [6.45, 7) is 14.0. The van der Waals surface area contributed by atoms with E-state index in [-0.39, 0.29) is 22.5 Å². The molecule has 94 valence electrons. The third-order valence-electron chi connectivity index (χ3n) is 2.53. The fourth-order valence-electron chi connectivity index (χ4n) is 1.21. The molecule has 0 rings (SSSR count). The van der Waals surface area contributed by atoms with Crippen LogP contribution >= 0.6 is 0 Å². The van der Waals surface area contributed by atoms with Crippen molar-refractivity contribution >= 4 is 11.6 Å². The highest BCUT2D eigenvalue weighted by Gasteiger charge is 2.29. The molecular weight excluding hydrogens is 202 g/mol. The Hall–Kier alpha value is -0.700. The van der Waals surface area contributed by atoms with Crippen molar-refractivity contribution in [3.05, 3.63) is 0 Å². The fourth-order valence-corrected chi connectivity index (χ4v) is 1.21. The van der Waals surface area contributed by atoms with E-state index in [1.807, 2.05) is 46.4 Å². The molecule has 0 bridgehead atoms. The maximum atomic E-state index is 12.0. The van der Waals surface area contributed by atoms with Gasteiger partial charge in [-0.15, -0.1) is 0 Å². The number of carbonyl (C=O) groups excluding carboxylic acids is 2. The second kappa shape index (κ2) is 5.09. The molecule has 0 saturated heterocycles. The molecule has 0 aliphatic rings. The first-order valence-corrected chi connectivity index (χ1v) is 5.72. The van der Waals surface area contributed by atoms with Gasteiger partial charge in [0.2, 0.25) is 0 Å². The maximum absolute atomic E-state index is 12.0. The summed E-state index contributed by atoms with van der Waals surface area (Å²) in [7, 11) is 0. The molecular formula is C13H25NO2. The minimum Gasteiger partial charge on any atom is -0.299 e. The molecule has 0 aromatic rings. The molecule has 0 aromatic heterocycles. The topological polar surface area (TPSA) is 37.4 Å². The summed E-state index contributed by atoms with van der Waals surface area (Å²) in [5.74, 6) is 0.264. The third kappa shape index (κ3) is 5.40. The SMILES string of the molecule is CC(=O)CN(CC(=O)C(C)(C)C)C(C)(C)C. The molecule has 0 aliphatic heterocycles. The second-order valence-corrected chi connectivity index (χ2v) is 6.40. The summed E-state index contributed by atoms with van der Waals surface area (Å²) in [5, 5.41) is 0. The van der Waals surface area contributed by atoms with E-state index < -0.39 is 0 Å². The van der Waals surface area contributed by atoms with Crippen molar-refractivity contribution in [2.24, 2.45) is 5.41 Å². The van der Waals surface area contributed by atoms with Gasteiger partial charge in [-0.05, 0) is 27.7 Å². The number of hydrogen-bond acceptors (Lipinski definition) is 3. The summed E-state index contributed by atoms with van der Waals surface area (Å²) in [6, 6.07) is 0. The van der Waals surface area contributed by atoms with Crippen LogP contribution in [0.4, 0.5) is 0 Å². The highest BCUT2D eigenvalue weighted by Crippen LogP contribution is 2.19. The van der Waals surface area contributed by atoms with Gasteiger partial charge in [0, 0.05) is 11.0 Å². The smallest absolute Gasteiger partial charge is 0.152 e. The quantitative estimate of drug-likeness (QED) is 0.739. The molecule has 16 heavy (non-hydrogen) atoms. The van der Waals surface area contributed by atoms with Crippen LogP contribution in [-0.4, -0.2) is 35.1 Å². The van der Waals surface area contributed by atoms with Gasteiger partial charge in [-0.25, -0.2) is 0 Å². The molecule has 0 atom stereocenters. The van der Waals surface area contributed by atoms with Crippen molar-refractivity contribution in [3.8, 4) is 0 Å². The van der Waals surface area contributed by atoms with Crippen molar-refractivity contribution in [2.75, 3.05) is 13.1 Å². The lowest BCUT2D eigenvalue weighted by Gasteiger charge is -2.35. The molecule has 0 fully saturated rings. The Bertz CT molecular complexity index is 269. The molecule has 3 heteroatoms. The van der Waals surface area contributed by atoms with Crippen LogP contribution in [0.5, 0.6) is 0 Å². The summed E-state index contributed by atoms with van der Waals surface area (Å²) < 4.78 is 0. The minimum atomic E-state index is -0.347. The lowest BCUT2D eigenvalue weighted by Crippen LogP contribution is -2.48. The molecule has 0 unspecified atom stereocenters. The van der Waals surface area contributed by atoms with Crippen molar-refractivity contribution in [1.82, 2.24) is 4.90 Å². The number of hydrogen-bond donors (Lipinski definition) is 0. The molecule has 0 aliphatic carbocycles. The van der Waals surface area contributed by atoms with Crippen LogP contribution in [0.3, 0.4) is 0 Å². The third-order valence-corrected chi connectivity index (χ3v) is 2.53. The van der Waals surface area contributed by atoms with Crippen LogP contribution in [0, 0.1) is 5.41 Å². The van der Waals surface area contributed by atoms with E-state index in [4.69, 9.17) is 0 Å². The summed E-state index contributed by atoms with van der Waals surface area (Å²) in [5.41, 5.74) is -0.507. The van der Waals surface area contributed by atoms with Crippen LogP contribution in [0.1, 0.15) is 48.5 Å². The Morgan fingerprint density at radius 1 is 0.938 bits per heavy atom. The van der Waals surface area contributed by atoms with Gasteiger partial charge in [0.05, 0.1) is 13.1 Å². The monoisotopic (exact) mass is 227 g/mol. The van der Waals surface area contributed by atoms with E-state index in [0.29, 0.717) is 13.1 Å². The zero-order valence-electron chi connectivity index (χ0n) is 11.7. The Kier molecular flexibility index (Phi) is 4.86. The predicted octanol–water partition coefficient (Wildman–Crippen LogP) is 2.29. The van der Waals surface area contributed by atoms with E-state index in [2.05, 4.69) is 0 Å². The standard InChI is InChI=1S/C13H25NO2/c1-10(15)8-14(13(5,6)7)9-11(16)12(2,3)4/h8-9H2,1-7H3. The van der Waals surface area contributed by atoms with Gasteiger partial charge in [-0.3, -0.25) is 14.5 Å². The average molecular weight is 227 g/mol. The molecule has 0 radical (unpaired) electrons. The van der Waals surface area contributed by atoms with E-state index >= 15 is 0 Å². The van der Waals surface area contributed by atoms with E-state index in [1.54, 1.807) is 6.92 Å². The largest absolute Gasteiger partial charge is 0.299 e. The first-order chi connectivity index (χ1) is 6.94. The van der Waals surface area contributed by atoms with Gasteiger partial charge in [0.1, 0.15) is 5.78 Å². The molecule has 0 saturated carbocycles. The van der Waals surface area contributed by atoms with Crippen molar-refractivity contribution < 1.29 is 9.59 Å². The number of Topliss-reactive ketones (excluding diaryl/α,β-unsaturated/α-hetero) is 2. The van der Waals surface area contributed by atoms with Gasteiger partial charge >= 0.3 is 0 Å². The van der Waals surface area contributed by atoms with Gasteiger partial charge in [0.25, 0.3) is 0 Å². The van der Waals surface area contributed by atoms with Crippen LogP contribution < -0.4 is 0 Å². The Morgan fingerprint density at radius 3 is 1.62 bits per heavy atom. The molecule has 0 heterocycles. The molecule has 0 spiro atoms. The Morgan fingerprint density at radius 2 is 1.38 bits per heavy atom. The Balaban J connectivity index is 4.70. The lowest BCUT2D eigenvalue weighted by molar-refractivity contribution is -0.130. The van der Waals surface area contributed by atoms with Gasteiger partial charge < -0.3 is 0 Å². The highest BCUT2D eigenvalue weighted by atomic mass is 16.1. The van der Waals surface area contributed by atoms with Crippen LogP contribution in [0.2, 0.25) is 0 Å². The lowest BCUT2D eigenvalue weighted by atomic mass is 9.89. The van der Waals surface area contributed by atoms with Gasteiger partial charge in [-0.2, -0.15) is 0 Å². The van der Waals surface area contributed by atoms with Gasteiger partial charge in [0.15, 0.2) is 5.78 Å².